The Morgan fingerprint density at radius 1 is 0.750 bits per heavy atom. The number of hydrogen-bond donors (Lipinski definition) is 0. The largest absolute Gasteiger partial charge is 0.372 e. The number of epoxide rings is 2. The molecule has 2 aromatic rings. The molecule has 126 valence electrons. The molecule has 2 unspecified atom stereocenters. The Kier molecular flexibility index (Phi) is 4.93. The van der Waals surface area contributed by atoms with E-state index in [1.54, 1.807) is 0 Å². The van der Waals surface area contributed by atoms with E-state index in [0.717, 1.165) is 39.1 Å². The Morgan fingerprint density at radius 3 is 1.54 bits per heavy atom. The van der Waals surface area contributed by atoms with Crippen molar-refractivity contribution < 1.29 is 9.47 Å². The van der Waals surface area contributed by atoms with Gasteiger partial charge in [0.25, 0.3) is 0 Å². The number of ether oxygens (including phenoxy) is 2. The van der Waals surface area contributed by atoms with Gasteiger partial charge in [-0.3, -0.25) is 4.90 Å². The molecular weight excluding hydrogens is 298 g/mol. The average Bonchev–Trinajstić information content (AvgIpc) is 3.52. The quantitative estimate of drug-likeness (QED) is 0.664. The molecular formula is C21H25NO2. The van der Waals surface area contributed by atoms with Gasteiger partial charge in [0.05, 0.1) is 25.4 Å². The van der Waals surface area contributed by atoms with Gasteiger partial charge in [0, 0.05) is 19.1 Å². The molecule has 2 heterocycles. The molecule has 0 spiro atoms. The fourth-order valence-corrected chi connectivity index (χ4v) is 3.35. The van der Waals surface area contributed by atoms with Crippen molar-refractivity contribution in [2.75, 3.05) is 26.3 Å². The van der Waals surface area contributed by atoms with Crippen LogP contribution in [-0.4, -0.2) is 49.5 Å². The van der Waals surface area contributed by atoms with Gasteiger partial charge in [0.1, 0.15) is 0 Å². The molecule has 2 fully saturated rings. The van der Waals surface area contributed by atoms with Crippen LogP contribution in [0.15, 0.2) is 60.7 Å². The zero-order valence-corrected chi connectivity index (χ0v) is 14.0. The van der Waals surface area contributed by atoms with Gasteiger partial charge in [-0.25, -0.2) is 0 Å². The van der Waals surface area contributed by atoms with Gasteiger partial charge >= 0.3 is 0 Å². The predicted octanol–water partition coefficient (Wildman–Crippen LogP) is 2.94. The minimum Gasteiger partial charge on any atom is -0.372 e. The molecule has 0 N–H and O–H groups in total. The van der Waals surface area contributed by atoms with Crippen molar-refractivity contribution >= 4 is 0 Å². The molecule has 2 saturated heterocycles. The fourth-order valence-electron chi connectivity index (χ4n) is 3.35. The van der Waals surface area contributed by atoms with Crippen molar-refractivity contribution in [3.63, 3.8) is 0 Å². The molecule has 0 aliphatic carbocycles. The summed E-state index contributed by atoms with van der Waals surface area (Å²) in [5.41, 5.74) is 2.80. The minimum absolute atomic E-state index is 0.415. The summed E-state index contributed by atoms with van der Waals surface area (Å²) in [7, 11) is 0. The number of nitrogens with zero attached hydrogens (tertiary/aromatic N) is 1. The molecule has 2 aromatic carbocycles. The zero-order chi connectivity index (χ0) is 16.2. The topological polar surface area (TPSA) is 28.3 Å². The van der Waals surface area contributed by atoms with E-state index >= 15 is 0 Å². The van der Waals surface area contributed by atoms with E-state index in [9.17, 15) is 0 Å². The summed E-state index contributed by atoms with van der Waals surface area (Å²) >= 11 is 0. The van der Waals surface area contributed by atoms with Gasteiger partial charge in [-0.05, 0) is 24.0 Å². The standard InChI is InChI=1S/C21H25NO2/c1-3-7-17(8-4-1)11-19(12-18-9-5-2-6-10-18)22(13-20-15-23-20)14-21-16-24-21/h1-10,19-21H,11-16H2. The Labute approximate surface area is 144 Å². The third kappa shape index (κ3) is 4.67. The summed E-state index contributed by atoms with van der Waals surface area (Å²) in [5, 5.41) is 0. The van der Waals surface area contributed by atoms with Crippen molar-refractivity contribution in [2.24, 2.45) is 0 Å². The number of benzene rings is 2. The normalized spacial score (nSPS) is 22.1. The summed E-state index contributed by atoms with van der Waals surface area (Å²) < 4.78 is 11.0. The van der Waals surface area contributed by atoms with Gasteiger partial charge in [-0.15, -0.1) is 0 Å². The van der Waals surface area contributed by atoms with Crippen molar-refractivity contribution in [1.82, 2.24) is 4.90 Å². The zero-order valence-electron chi connectivity index (χ0n) is 14.0. The molecule has 3 nitrogen and oxygen atoms in total. The molecule has 2 aliphatic rings. The highest BCUT2D eigenvalue weighted by Crippen LogP contribution is 2.22. The van der Waals surface area contributed by atoms with E-state index in [0.29, 0.717) is 18.2 Å². The molecule has 3 heteroatoms. The first-order valence-corrected chi connectivity index (χ1v) is 8.92. The van der Waals surface area contributed by atoms with Gasteiger partial charge in [0.2, 0.25) is 0 Å². The Balaban J connectivity index is 1.52. The van der Waals surface area contributed by atoms with E-state index < -0.39 is 0 Å². The van der Waals surface area contributed by atoms with Gasteiger partial charge < -0.3 is 9.47 Å². The monoisotopic (exact) mass is 323 g/mol. The van der Waals surface area contributed by atoms with Crippen molar-refractivity contribution in [3.8, 4) is 0 Å². The Bertz CT molecular complexity index is 567. The predicted molar refractivity (Wildman–Crippen MR) is 95.1 cm³/mol. The second-order valence-corrected chi connectivity index (χ2v) is 6.90. The lowest BCUT2D eigenvalue weighted by Gasteiger charge is -2.31. The maximum Gasteiger partial charge on any atom is 0.0936 e. The molecule has 24 heavy (non-hydrogen) atoms. The number of rotatable bonds is 9. The molecule has 2 atom stereocenters. The van der Waals surface area contributed by atoms with Gasteiger partial charge in [-0.2, -0.15) is 0 Å². The minimum atomic E-state index is 0.415. The highest BCUT2D eigenvalue weighted by molar-refractivity contribution is 5.20. The van der Waals surface area contributed by atoms with Crippen LogP contribution in [0.5, 0.6) is 0 Å². The van der Waals surface area contributed by atoms with Crippen LogP contribution < -0.4 is 0 Å². The number of hydrogen-bond acceptors (Lipinski definition) is 3. The summed E-state index contributed by atoms with van der Waals surface area (Å²) in [4.78, 5) is 2.59. The summed E-state index contributed by atoms with van der Waals surface area (Å²) in [6, 6.07) is 22.1. The molecule has 0 radical (unpaired) electrons. The third-order valence-electron chi connectivity index (χ3n) is 4.83. The first-order chi connectivity index (χ1) is 11.9. The summed E-state index contributed by atoms with van der Waals surface area (Å²) in [6.07, 6.45) is 2.96. The van der Waals surface area contributed by atoms with Gasteiger partial charge in [-0.1, -0.05) is 60.7 Å². The summed E-state index contributed by atoms with van der Waals surface area (Å²) in [5.74, 6) is 0. The SMILES string of the molecule is c1ccc(CC(Cc2ccccc2)N(CC2CO2)CC2CO2)cc1. The molecule has 2 aliphatic heterocycles. The average molecular weight is 323 g/mol. The lowest BCUT2D eigenvalue weighted by Crippen LogP contribution is -2.43. The Hall–Kier alpha value is -1.68. The van der Waals surface area contributed by atoms with Crippen LogP contribution >= 0.6 is 0 Å². The van der Waals surface area contributed by atoms with E-state index in [1.165, 1.54) is 11.1 Å². The smallest absolute Gasteiger partial charge is 0.0936 e. The second kappa shape index (κ2) is 7.47. The molecule has 0 saturated carbocycles. The van der Waals surface area contributed by atoms with E-state index in [-0.39, 0.29) is 0 Å². The van der Waals surface area contributed by atoms with Crippen molar-refractivity contribution in [1.29, 1.82) is 0 Å². The van der Waals surface area contributed by atoms with Crippen LogP contribution in [0, 0.1) is 0 Å². The lowest BCUT2D eigenvalue weighted by molar-refractivity contribution is 0.160. The first kappa shape index (κ1) is 15.8. The first-order valence-electron chi connectivity index (χ1n) is 8.92. The lowest BCUT2D eigenvalue weighted by atomic mass is 9.97. The van der Waals surface area contributed by atoms with Crippen LogP contribution in [-0.2, 0) is 22.3 Å². The van der Waals surface area contributed by atoms with E-state index in [2.05, 4.69) is 65.6 Å². The van der Waals surface area contributed by atoms with Crippen LogP contribution in [0.4, 0.5) is 0 Å². The molecule has 4 rings (SSSR count). The highest BCUT2D eigenvalue weighted by Gasteiger charge is 2.34. The fraction of sp³-hybridized carbons (Fsp3) is 0.429. The van der Waals surface area contributed by atoms with Crippen LogP contribution in [0.1, 0.15) is 11.1 Å². The van der Waals surface area contributed by atoms with Gasteiger partial charge in [0.15, 0.2) is 0 Å². The van der Waals surface area contributed by atoms with E-state index in [1.807, 2.05) is 0 Å². The van der Waals surface area contributed by atoms with Crippen LogP contribution in [0.2, 0.25) is 0 Å². The highest BCUT2D eigenvalue weighted by atomic mass is 16.6. The molecule has 0 bridgehead atoms. The maximum atomic E-state index is 5.51. The summed E-state index contributed by atoms with van der Waals surface area (Å²) in [6.45, 7) is 3.85. The molecule has 0 aromatic heterocycles. The van der Waals surface area contributed by atoms with Crippen LogP contribution in [0.3, 0.4) is 0 Å². The Morgan fingerprint density at radius 2 is 1.17 bits per heavy atom. The van der Waals surface area contributed by atoms with Crippen molar-refractivity contribution in [3.05, 3.63) is 71.8 Å². The molecule has 0 amide bonds. The second-order valence-electron chi connectivity index (χ2n) is 6.90. The van der Waals surface area contributed by atoms with Crippen LogP contribution in [0.25, 0.3) is 0 Å². The van der Waals surface area contributed by atoms with E-state index in [4.69, 9.17) is 9.47 Å². The maximum absolute atomic E-state index is 5.51. The third-order valence-corrected chi connectivity index (χ3v) is 4.83. The van der Waals surface area contributed by atoms with Crippen molar-refractivity contribution in [2.45, 2.75) is 31.1 Å².